The molecule has 104 valence electrons. The van der Waals surface area contributed by atoms with Gasteiger partial charge in [0.2, 0.25) is 0 Å². The Hall–Kier alpha value is -2.20. The number of nitrogen functional groups attached to an aromatic ring is 1. The molecule has 0 aromatic heterocycles. The maximum atomic E-state index is 11.7. The second kappa shape index (κ2) is 6.30. The average Bonchev–Trinajstić information content (AvgIpc) is 2.44. The van der Waals surface area contributed by atoms with Crippen molar-refractivity contribution in [2.24, 2.45) is 0 Å². The Bertz CT molecular complexity index is 628. The molecule has 0 radical (unpaired) electrons. The number of hydrogen-bond acceptors (Lipinski definition) is 4. The average molecular weight is 292 g/mol. The van der Waals surface area contributed by atoms with Gasteiger partial charge in [0, 0.05) is 0 Å². The van der Waals surface area contributed by atoms with Crippen LogP contribution in [0.3, 0.4) is 0 Å². The van der Waals surface area contributed by atoms with Crippen molar-refractivity contribution < 1.29 is 14.3 Å². The molecule has 0 aliphatic carbocycles. The van der Waals surface area contributed by atoms with Gasteiger partial charge in [-0.05, 0) is 37.3 Å². The Kier molecular flexibility index (Phi) is 4.48. The Balaban J connectivity index is 2.30. The molecule has 5 heteroatoms. The summed E-state index contributed by atoms with van der Waals surface area (Å²) in [5, 5.41) is 0.466. The van der Waals surface area contributed by atoms with E-state index in [4.69, 9.17) is 26.8 Å². The minimum absolute atomic E-state index is 0.309. The molecule has 0 atom stereocenters. The quantitative estimate of drug-likeness (QED) is 0.686. The zero-order valence-electron chi connectivity index (χ0n) is 10.9. The molecule has 0 heterocycles. The van der Waals surface area contributed by atoms with E-state index in [0.717, 1.165) is 0 Å². The summed E-state index contributed by atoms with van der Waals surface area (Å²) in [6.07, 6.45) is 0. The highest BCUT2D eigenvalue weighted by molar-refractivity contribution is 6.32. The van der Waals surface area contributed by atoms with Gasteiger partial charge in [0.1, 0.15) is 5.75 Å². The molecule has 2 rings (SSSR count). The van der Waals surface area contributed by atoms with E-state index in [1.807, 2.05) is 0 Å². The van der Waals surface area contributed by atoms with Crippen LogP contribution in [-0.4, -0.2) is 12.6 Å². The van der Waals surface area contributed by atoms with Crippen LogP contribution in [0.4, 0.5) is 5.69 Å². The molecule has 20 heavy (non-hydrogen) atoms. The van der Waals surface area contributed by atoms with Gasteiger partial charge in [0.25, 0.3) is 0 Å². The molecular weight excluding hydrogens is 278 g/mol. The van der Waals surface area contributed by atoms with Gasteiger partial charge in [-0.2, -0.15) is 0 Å². The molecular formula is C15H14ClNO3. The van der Waals surface area contributed by atoms with Crippen molar-refractivity contribution in [3.8, 4) is 11.5 Å². The van der Waals surface area contributed by atoms with Crippen LogP contribution in [0, 0.1) is 0 Å². The number of anilines is 1. The Morgan fingerprint density at radius 3 is 2.65 bits per heavy atom. The highest BCUT2D eigenvalue weighted by Crippen LogP contribution is 2.32. The van der Waals surface area contributed by atoms with Crippen LogP contribution < -0.4 is 10.5 Å². The number of carbonyl (C=O) groups excluding carboxylic acids is 1. The number of para-hydroxylation sites is 1. The number of hydrogen-bond donors (Lipinski definition) is 1. The summed E-state index contributed by atoms with van der Waals surface area (Å²) in [6, 6.07) is 11.8. The second-order valence-corrected chi connectivity index (χ2v) is 4.41. The predicted octanol–water partition coefficient (Wildman–Crippen LogP) is 3.89. The van der Waals surface area contributed by atoms with E-state index in [2.05, 4.69) is 0 Å². The van der Waals surface area contributed by atoms with Crippen LogP contribution in [0.2, 0.25) is 5.02 Å². The lowest BCUT2D eigenvalue weighted by Gasteiger charge is -2.11. The number of benzene rings is 2. The van der Waals surface area contributed by atoms with E-state index in [0.29, 0.717) is 34.4 Å². The first-order valence-corrected chi connectivity index (χ1v) is 6.48. The molecule has 0 unspecified atom stereocenters. The first-order valence-electron chi connectivity index (χ1n) is 6.11. The summed E-state index contributed by atoms with van der Waals surface area (Å²) in [6.45, 7) is 2.06. The number of ether oxygens (including phenoxy) is 2. The van der Waals surface area contributed by atoms with Crippen molar-refractivity contribution in [1.82, 2.24) is 0 Å². The monoisotopic (exact) mass is 291 g/mol. The van der Waals surface area contributed by atoms with Crippen molar-refractivity contribution in [3.63, 3.8) is 0 Å². The normalized spacial score (nSPS) is 10.1. The van der Waals surface area contributed by atoms with E-state index in [-0.39, 0.29) is 0 Å². The molecule has 0 bridgehead atoms. The third-order valence-electron chi connectivity index (χ3n) is 2.58. The van der Waals surface area contributed by atoms with E-state index in [9.17, 15) is 4.79 Å². The minimum Gasteiger partial charge on any atom is -0.462 e. The third-order valence-corrected chi connectivity index (χ3v) is 2.89. The van der Waals surface area contributed by atoms with Crippen LogP contribution in [-0.2, 0) is 4.74 Å². The molecule has 0 spiro atoms. The number of esters is 1. The zero-order valence-corrected chi connectivity index (χ0v) is 11.7. The SMILES string of the molecule is CCOC(=O)c1ccc(N)c(Oc2ccccc2Cl)c1. The smallest absolute Gasteiger partial charge is 0.338 e. The van der Waals surface area contributed by atoms with Crippen molar-refractivity contribution in [2.75, 3.05) is 12.3 Å². The van der Waals surface area contributed by atoms with Crippen molar-refractivity contribution in [3.05, 3.63) is 53.1 Å². The van der Waals surface area contributed by atoms with Crippen molar-refractivity contribution >= 4 is 23.3 Å². The maximum absolute atomic E-state index is 11.7. The lowest BCUT2D eigenvalue weighted by Crippen LogP contribution is -2.05. The standard InChI is InChI=1S/C15H14ClNO3/c1-2-19-15(18)10-7-8-12(17)14(9-10)20-13-6-4-3-5-11(13)16/h3-9H,2,17H2,1H3. The molecule has 2 N–H and O–H groups in total. The molecule has 2 aromatic carbocycles. The summed E-state index contributed by atoms with van der Waals surface area (Å²) in [5.74, 6) is 0.419. The lowest BCUT2D eigenvalue weighted by molar-refractivity contribution is 0.0526. The van der Waals surface area contributed by atoms with E-state index >= 15 is 0 Å². The fraction of sp³-hybridized carbons (Fsp3) is 0.133. The van der Waals surface area contributed by atoms with E-state index in [1.165, 1.54) is 6.07 Å². The van der Waals surface area contributed by atoms with Crippen LogP contribution in [0.1, 0.15) is 17.3 Å². The largest absolute Gasteiger partial charge is 0.462 e. The molecule has 0 amide bonds. The van der Waals surface area contributed by atoms with E-state index < -0.39 is 5.97 Å². The van der Waals surface area contributed by atoms with Gasteiger partial charge in [-0.3, -0.25) is 0 Å². The first kappa shape index (κ1) is 14.2. The molecule has 2 aromatic rings. The summed E-state index contributed by atoms with van der Waals surface area (Å²) in [5.41, 5.74) is 6.63. The van der Waals surface area contributed by atoms with Gasteiger partial charge in [-0.1, -0.05) is 23.7 Å². The summed E-state index contributed by atoms with van der Waals surface area (Å²) >= 11 is 6.02. The topological polar surface area (TPSA) is 61.5 Å². The highest BCUT2D eigenvalue weighted by Gasteiger charge is 2.11. The molecule has 0 aliphatic heterocycles. The van der Waals surface area contributed by atoms with Gasteiger partial charge in [-0.15, -0.1) is 0 Å². The molecule has 0 saturated carbocycles. The number of carbonyl (C=O) groups is 1. The number of nitrogens with two attached hydrogens (primary N) is 1. The van der Waals surface area contributed by atoms with Gasteiger partial charge in [0.15, 0.2) is 5.75 Å². The minimum atomic E-state index is -0.420. The van der Waals surface area contributed by atoms with Gasteiger partial charge in [0.05, 0.1) is 22.9 Å². The molecule has 0 saturated heterocycles. The zero-order chi connectivity index (χ0) is 14.5. The Morgan fingerprint density at radius 2 is 1.95 bits per heavy atom. The second-order valence-electron chi connectivity index (χ2n) is 4.01. The van der Waals surface area contributed by atoms with Crippen molar-refractivity contribution in [2.45, 2.75) is 6.92 Å². The molecule has 4 nitrogen and oxygen atoms in total. The number of rotatable bonds is 4. The lowest BCUT2D eigenvalue weighted by atomic mass is 10.2. The highest BCUT2D eigenvalue weighted by atomic mass is 35.5. The summed E-state index contributed by atoms with van der Waals surface area (Å²) in [7, 11) is 0. The van der Waals surface area contributed by atoms with E-state index in [1.54, 1.807) is 43.3 Å². The number of halogens is 1. The molecule has 0 aliphatic rings. The van der Waals surface area contributed by atoms with Gasteiger partial charge in [-0.25, -0.2) is 4.79 Å². The van der Waals surface area contributed by atoms with Crippen LogP contribution >= 0.6 is 11.6 Å². The fourth-order valence-corrected chi connectivity index (χ4v) is 1.78. The molecule has 0 fully saturated rings. The Labute approximate surface area is 122 Å². The predicted molar refractivity (Wildman–Crippen MR) is 78.3 cm³/mol. The van der Waals surface area contributed by atoms with Crippen LogP contribution in [0.5, 0.6) is 11.5 Å². The first-order chi connectivity index (χ1) is 9.61. The van der Waals surface area contributed by atoms with Crippen molar-refractivity contribution in [1.29, 1.82) is 0 Å². The van der Waals surface area contributed by atoms with Crippen LogP contribution in [0.15, 0.2) is 42.5 Å². The van der Waals surface area contributed by atoms with Crippen LogP contribution in [0.25, 0.3) is 0 Å². The fourth-order valence-electron chi connectivity index (χ4n) is 1.61. The maximum Gasteiger partial charge on any atom is 0.338 e. The van der Waals surface area contributed by atoms with Gasteiger partial charge < -0.3 is 15.2 Å². The van der Waals surface area contributed by atoms with Gasteiger partial charge >= 0.3 is 5.97 Å². The summed E-state index contributed by atoms with van der Waals surface area (Å²) in [4.78, 5) is 11.7. The Morgan fingerprint density at radius 1 is 1.20 bits per heavy atom. The third kappa shape index (κ3) is 3.22. The summed E-state index contributed by atoms with van der Waals surface area (Å²) < 4.78 is 10.6.